The van der Waals surface area contributed by atoms with E-state index in [4.69, 9.17) is 21.4 Å². The fraction of sp³-hybridized carbons (Fsp3) is 0.227. The highest BCUT2D eigenvalue weighted by Crippen LogP contribution is 2.35. The van der Waals surface area contributed by atoms with Gasteiger partial charge in [-0.2, -0.15) is 0 Å². The predicted octanol–water partition coefficient (Wildman–Crippen LogP) is 4.16. The third-order valence-corrected chi connectivity index (χ3v) is 6.78. The van der Waals surface area contributed by atoms with Crippen molar-refractivity contribution in [2.75, 3.05) is 20.3 Å². The lowest BCUT2D eigenvalue weighted by molar-refractivity contribution is -0.123. The number of rotatable bonds is 8. The highest BCUT2D eigenvalue weighted by molar-refractivity contribution is 9.10. The summed E-state index contributed by atoms with van der Waals surface area (Å²) in [5.74, 6) is 0.415. The Morgan fingerprint density at radius 2 is 2.22 bits per heavy atom. The first-order valence-electron chi connectivity index (χ1n) is 9.78. The zero-order chi connectivity index (χ0) is 22.7. The Morgan fingerprint density at radius 3 is 2.97 bits per heavy atom. The molecule has 0 aliphatic carbocycles. The molecule has 7 nitrogen and oxygen atoms in total. The summed E-state index contributed by atoms with van der Waals surface area (Å²) in [7, 11) is 1.59. The van der Waals surface area contributed by atoms with E-state index in [0.717, 1.165) is 20.9 Å². The van der Waals surface area contributed by atoms with E-state index in [1.54, 1.807) is 24.3 Å². The number of methoxy groups -OCH3 is 1. The third-order valence-electron chi connectivity index (χ3n) is 4.91. The number of thiocarbonyl (C=S) groups is 1. The lowest BCUT2D eigenvalue weighted by atomic mass is 10.1. The van der Waals surface area contributed by atoms with Crippen LogP contribution < -0.4 is 5.32 Å². The number of hydrogen-bond donors (Lipinski definition) is 1. The maximum Gasteiger partial charge on any atom is 0.266 e. The summed E-state index contributed by atoms with van der Waals surface area (Å²) in [6.07, 6.45) is 5.28. The summed E-state index contributed by atoms with van der Waals surface area (Å²) in [4.78, 5) is 27.4. The number of amides is 2. The average molecular weight is 534 g/mol. The standard InChI is InChI=1S/C22H20BrN3O4S2/c1-29-8-6-26-21(28)19(32-22(26)31)9-14-12-25(18-5-4-15(23)10-17(14)18)13-20(27)24-11-16-3-2-7-30-16/h2-5,7,9-10,12H,6,8,11,13H2,1H3,(H,24,27)/b19-9-. The molecular formula is C22H20BrN3O4S2. The van der Waals surface area contributed by atoms with E-state index in [-0.39, 0.29) is 18.4 Å². The van der Waals surface area contributed by atoms with Crippen LogP contribution in [-0.4, -0.2) is 45.9 Å². The van der Waals surface area contributed by atoms with E-state index < -0.39 is 0 Å². The summed E-state index contributed by atoms with van der Waals surface area (Å²) in [6, 6.07) is 9.44. The molecule has 2 aromatic heterocycles. The molecule has 1 aromatic carbocycles. The zero-order valence-electron chi connectivity index (χ0n) is 17.2. The number of furan rings is 1. The van der Waals surface area contributed by atoms with Gasteiger partial charge in [0.1, 0.15) is 16.6 Å². The highest BCUT2D eigenvalue weighted by Gasteiger charge is 2.31. The van der Waals surface area contributed by atoms with Crippen molar-refractivity contribution < 1.29 is 18.7 Å². The van der Waals surface area contributed by atoms with Crippen molar-refractivity contribution in [3.8, 4) is 0 Å². The minimum Gasteiger partial charge on any atom is -0.467 e. The molecule has 1 N–H and O–H groups in total. The molecule has 0 bridgehead atoms. The third kappa shape index (κ3) is 4.98. The van der Waals surface area contributed by atoms with E-state index in [1.165, 1.54) is 11.8 Å². The minimum absolute atomic E-state index is 0.135. The van der Waals surface area contributed by atoms with Crippen LogP contribution in [0.2, 0.25) is 0 Å². The van der Waals surface area contributed by atoms with Crippen LogP contribution in [0.15, 0.2) is 56.6 Å². The number of thioether (sulfide) groups is 1. The maximum atomic E-state index is 12.8. The molecule has 3 aromatic rings. The van der Waals surface area contributed by atoms with Crippen molar-refractivity contribution in [2.24, 2.45) is 0 Å². The lowest BCUT2D eigenvalue weighted by Gasteiger charge is -2.12. The number of halogens is 1. The fourth-order valence-electron chi connectivity index (χ4n) is 3.37. The Balaban J connectivity index is 1.59. The van der Waals surface area contributed by atoms with Gasteiger partial charge in [0.05, 0.1) is 30.9 Å². The number of carbonyl (C=O) groups is 2. The quantitative estimate of drug-likeness (QED) is 0.346. The number of nitrogens with one attached hydrogen (secondary N) is 1. The van der Waals surface area contributed by atoms with Crippen LogP contribution in [0.4, 0.5) is 0 Å². The SMILES string of the molecule is COCCN1C(=O)/C(=C/c2cn(CC(=O)NCc3ccco3)c3ccc(Br)cc23)SC1=S. The summed E-state index contributed by atoms with van der Waals surface area (Å²) in [5, 5.41) is 3.79. The molecule has 32 heavy (non-hydrogen) atoms. The molecule has 1 aliphatic rings. The lowest BCUT2D eigenvalue weighted by Crippen LogP contribution is -2.31. The minimum atomic E-state index is -0.140. The van der Waals surface area contributed by atoms with Gasteiger partial charge in [-0.3, -0.25) is 14.5 Å². The average Bonchev–Trinajstić information content (AvgIpc) is 3.46. The van der Waals surface area contributed by atoms with Crippen molar-refractivity contribution in [3.63, 3.8) is 0 Å². The van der Waals surface area contributed by atoms with E-state index >= 15 is 0 Å². The molecule has 0 radical (unpaired) electrons. The zero-order valence-corrected chi connectivity index (χ0v) is 20.4. The van der Waals surface area contributed by atoms with E-state index in [0.29, 0.717) is 34.7 Å². The molecule has 3 heterocycles. The monoisotopic (exact) mass is 533 g/mol. The Morgan fingerprint density at radius 1 is 1.38 bits per heavy atom. The van der Waals surface area contributed by atoms with Crippen LogP contribution in [0.1, 0.15) is 11.3 Å². The predicted molar refractivity (Wildman–Crippen MR) is 132 cm³/mol. The van der Waals surface area contributed by atoms with Gasteiger partial charge < -0.3 is 19.0 Å². The topological polar surface area (TPSA) is 76.7 Å². The summed E-state index contributed by atoms with van der Waals surface area (Å²) >= 11 is 10.1. The van der Waals surface area contributed by atoms with Gasteiger partial charge in [0.2, 0.25) is 5.91 Å². The molecule has 10 heteroatoms. The number of aromatic nitrogens is 1. The van der Waals surface area contributed by atoms with Crippen LogP contribution in [0, 0.1) is 0 Å². The van der Waals surface area contributed by atoms with E-state index in [1.807, 2.05) is 41.1 Å². The molecular weight excluding hydrogens is 514 g/mol. The first-order chi connectivity index (χ1) is 15.5. The Bertz CT molecular complexity index is 1200. The van der Waals surface area contributed by atoms with Crippen LogP contribution >= 0.6 is 39.9 Å². The second-order valence-corrected chi connectivity index (χ2v) is 9.65. The van der Waals surface area contributed by atoms with Crippen LogP contribution in [-0.2, 0) is 27.4 Å². The van der Waals surface area contributed by atoms with Crippen molar-refractivity contribution in [2.45, 2.75) is 13.1 Å². The van der Waals surface area contributed by atoms with Crippen LogP contribution in [0.3, 0.4) is 0 Å². The summed E-state index contributed by atoms with van der Waals surface area (Å²) in [6.45, 7) is 1.30. The van der Waals surface area contributed by atoms with Gasteiger partial charge in [0.25, 0.3) is 5.91 Å². The van der Waals surface area contributed by atoms with E-state index in [9.17, 15) is 9.59 Å². The van der Waals surface area contributed by atoms with Gasteiger partial charge in [-0.15, -0.1) is 0 Å². The first-order valence-corrected chi connectivity index (χ1v) is 11.8. The molecule has 1 saturated heterocycles. The van der Waals surface area contributed by atoms with Crippen molar-refractivity contribution in [1.82, 2.24) is 14.8 Å². The van der Waals surface area contributed by atoms with Crippen molar-refractivity contribution in [1.29, 1.82) is 0 Å². The number of ether oxygens (including phenoxy) is 1. The van der Waals surface area contributed by atoms with Gasteiger partial charge in [-0.1, -0.05) is 39.9 Å². The van der Waals surface area contributed by atoms with Gasteiger partial charge >= 0.3 is 0 Å². The second-order valence-electron chi connectivity index (χ2n) is 7.06. The molecule has 0 atom stereocenters. The largest absolute Gasteiger partial charge is 0.467 e. The number of fused-ring (bicyclic) bond motifs is 1. The smallest absolute Gasteiger partial charge is 0.266 e. The van der Waals surface area contributed by atoms with Crippen LogP contribution in [0.25, 0.3) is 17.0 Å². The maximum absolute atomic E-state index is 12.8. The molecule has 1 fully saturated rings. The fourth-order valence-corrected chi connectivity index (χ4v) is 5.03. The van der Waals surface area contributed by atoms with Gasteiger partial charge in [0, 0.05) is 34.2 Å². The molecule has 0 spiro atoms. The Hall–Kier alpha value is -2.40. The first kappa shape index (κ1) is 22.8. The molecule has 2 amide bonds. The molecule has 1 aliphatic heterocycles. The summed E-state index contributed by atoms with van der Waals surface area (Å²) < 4.78 is 13.6. The van der Waals surface area contributed by atoms with E-state index in [2.05, 4.69) is 21.2 Å². The van der Waals surface area contributed by atoms with Crippen molar-refractivity contribution >= 4 is 73.0 Å². The molecule has 0 saturated carbocycles. The van der Waals surface area contributed by atoms with Gasteiger partial charge in [0.15, 0.2) is 0 Å². The second kappa shape index (κ2) is 10.0. The van der Waals surface area contributed by atoms with Crippen molar-refractivity contribution in [3.05, 3.63) is 63.5 Å². The van der Waals surface area contributed by atoms with Gasteiger partial charge in [-0.25, -0.2) is 0 Å². The normalized spacial score (nSPS) is 15.3. The van der Waals surface area contributed by atoms with Crippen LogP contribution in [0.5, 0.6) is 0 Å². The van der Waals surface area contributed by atoms with Gasteiger partial charge in [-0.05, 0) is 36.4 Å². The summed E-state index contributed by atoms with van der Waals surface area (Å²) in [5.41, 5.74) is 1.73. The Kier molecular flexibility index (Phi) is 7.14. The highest BCUT2D eigenvalue weighted by atomic mass is 79.9. The number of nitrogens with zero attached hydrogens (tertiary/aromatic N) is 2. The molecule has 166 valence electrons. The molecule has 4 rings (SSSR count). The Labute approximate surface area is 202 Å². The molecule has 0 unspecified atom stereocenters. The number of benzene rings is 1. The number of carbonyl (C=O) groups excluding carboxylic acids is 2. The number of hydrogen-bond acceptors (Lipinski definition) is 6.